The summed E-state index contributed by atoms with van der Waals surface area (Å²) in [7, 11) is 6.85. The monoisotopic (exact) mass is 720 g/mol. The minimum absolute atomic E-state index is 0.0327. The molecule has 0 radical (unpaired) electrons. The van der Waals surface area contributed by atoms with Crippen LogP contribution < -0.4 is 18.9 Å². The summed E-state index contributed by atoms with van der Waals surface area (Å²) in [6, 6.07) is 25.9. The molecule has 8 heteroatoms. The van der Waals surface area contributed by atoms with Crippen molar-refractivity contribution in [2.45, 2.75) is 38.0 Å². The van der Waals surface area contributed by atoms with E-state index in [0.717, 1.165) is 71.0 Å². The van der Waals surface area contributed by atoms with Crippen LogP contribution >= 0.6 is 31.9 Å². The number of nitrogens with zero attached hydrogens (tertiary/aromatic N) is 2. The lowest BCUT2D eigenvalue weighted by Gasteiger charge is -2.48. The van der Waals surface area contributed by atoms with Crippen LogP contribution in [-0.2, 0) is 25.9 Å². The molecular weight excluding hydrogens is 684 g/mol. The van der Waals surface area contributed by atoms with Crippen molar-refractivity contribution < 1.29 is 18.9 Å². The van der Waals surface area contributed by atoms with Gasteiger partial charge in [-0.15, -0.1) is 0 Å². The van der Waals surface area contributed by atoms with Crippen molar-refractivity contribution in [3.63, 3.8) is 0 Å². The summed E-state index contributed by atoms with van der Waals surface area (Å²) in [5, 5.41) is 0. The predicted octanol–water partition coefficient (Wildman–Crippen LogP) is 8.15. The van der Waals surface area contributed by atoms with Crippen LogP contribution in [0.25, 0.3) is 0 Å². The molecule has 2 aliphatic heterocycles. The fourth-order valence-corrected chi connectivity index (χ4v) is 7.66. The molecule has 0 aliphatic carbocycles. The largest absolute Gasteiger partial charge is 0.493 e. The number of ether oxygens (including phenoxy) is 4. The molecule has 6 nitrogen and oxygen atoms in total. The quantitative estimate of drug-likeness (QED) is 0.174. The van der Waals surface area contributed by atoms with E-state index in [-0.39, 0.29) is 12.1 Å². The maximum atomic E-state index is 5.88. The number of hydrogen-bond acceptors (Lipinski definition) is 6. The zero-order chi connectivity index (χ0) is 30.8. The maximum Gasteiger partial charge on any atom is 0.161 e. The Morgan fingerprint density at radius 2 is 0.932 bits per heavy atom. The van der Waals surface area contributed by atoms with E-state index in [9.17, 15) is 0 Å². The number of methoxy groups -OCH3 is 4. The third-order valence-electron chi connectivity index (χ3n) is 9.01. The molecule has 2 aliphatic rings. The van der Waals surface area contributed by atoms with E-state index in [0.29, 0.717) is 0 Å². The maximum absolute atomic E-state index is 5.88. The second-order valence-corrected chi connectivity index (χ2v) is 13.0. The molecule has 4 aromatic carbocycles. The van der Waals surface area contributed by atoms with Crippen molar-refractivity contribution in [3.8, 4) is 23.0 Å². The van der Waals surface area contributed by atoms with Crippen LogP contribution in [0.15, 0.2) is 81.7 Å². The summed E-state index contributed by atoms with van der Waals surface area (Å²) in [5.74, 6) is 3.04. The average molecular weight is 723 g/mol. The van der Waals surface area contributed by atoms with Gasteiger partial charge in [0.1, 0.15) is 0 Å². The minimum Gasteiger partial charge on any atom is -0.493 e. The standard InChI is InChI=1S/C36H38Br2N2O4/c1-41-31-17-23-13-15-39(21-25-9-5-7-11-29(25)37)35(27(23)19-33(31)43-3)36-28-20-34(44-4)32(42-2)18-24(28)14-16-40(36)22-26-10-6-8-12-30(26)38/h5-12,17-20,35-36H,13-16,21-22H2,1-4H3/t35-,36-/m0/s1. The Balaban J connectivity index is 1.56. The van der Waals surface area contributed by atoms with Gasteiger partial charge in [0.25, 0.3) is 0 Å². The first-order chi connectivity index (χ1) is 21.4. The third-order valence-corrected chi connectivity index (χ3v) is 10.6. The number of halogens is 2. The molecule has 0 N–H and O–H groups in total. The molecule has 230 valence electrons. The Bertz CT molecular complexity index is 1520. The summed E-state index contributed by atoms with van der Waals surface area (Å²) < 4.78 is 25.5. The van der Waals surface area contributed by atoms with Gasteiger partial charge in [-0.05, 0) is 82.6 Å². The SMILES string of the molecule is COc1cc2c(cc1OC)[C@@H]([C@@H]1c3cc(OC)c(OC)cc3CCN1Cc1ccccc1Br)N(Cc1ccccc1Br)CC2. The second-order valence-electron chi connectivity index (χ2n) is 11.3. The smallest absolute Gasteiger partial charge is 0.161 e. The molecule has 0 spiro atoms. The van der Waals surface area contributed by atoms with Gasteiger partial charge in [-0.1, -0.05) is 68.3 Å². The fraction of sp³-hybridized carbons (Fsp3) is 0.333. The van der Waals surface area contributed by atoms with E-state index in [1.807, 2.05) is 0 Å². The Morgan fingerprint density at radius 1 is 0.568 bits per heavy atom. The molecule has 2 heterocycles. The molecule has 44 heavy (non-hydrogen) atoms. The van der Waals surface area contributed by atoms with Gasteiger partial charge >= 0.3 is 0 Å². The minimum atomic E-state index is 0.0327. The van der Waals surface area contributed by atoms with Gasteiger partial charge < -0.3 is 18.9 Å². The molecule has 0 aromatic heterocycles. The van der Waals surface area contributed by atoms with Crippen molar-refractivity contribution in [3.05, 3.63) is 115 Å². The Labute approximate surface area is 277 Å². The highest BCUT2D eigenvalue weighted by Crippen LogP contribution is 2.50. The van der Waals surface area contributed by atoms with Gasteiger partial charge in [0, 0.05) is 35.1 Å². The first kappa shape index (κ1) is 31.0. The van der Waals surface area contributed by atoms with E-state index in [1.54, 1.807) is 28.4 Å². The summed E-state index contributed by atoms with van der Waals surface area (Å²) in [5.41, 5.74) is 7.66. The number of rotatable bonds is 9. The summed E-state index contributed by atoms with van der Waals surface area (Å²) in [6.45, 7) is 3.44. The summed E-state index contributed by atoms with van der Waals surface area (Å²) in [6.07, 6.45) is 1.85. The van der Waals surface area contributed by atoms with Crippen molar-refractivity contribution >= 4 is 31.9 Å². The van der Waals surface area contributed by atoms with Crippen molar-refractivity contribution in [1.29, 1.82) is 0 Å². The zero-order valence-corrected chi connectivity index (χ0v) is 28.8. The van der Waals surface area contributed by atoms with E-state index < -0.39 is 0 Å². The first-order valence-corrected chi connectivity index (χ1v) is 16.5. The predicted molar refractivity (Wildman–Crippen MR) is 181 cm³/mol. The Kier molecular flexibility index (Phi) is 9.52. The highest BCUT2D eigenvalue weighted by molar-refractivity contribution is 9.10. The van der Waals surface area contributed by atoms with Gasteiger partial charge in [-0.3, -0.25) is 9.80 Å². The van der Waals surface area contributed by atoms with E-state index >= 15 is 0 Å². The molecule has 4 aromatic rings. The van der Waals surface area contributed by atoms with Crippen LogP contribution in [-0.4, -0.2) is 51.3 Å². The number of benzene rings is 4. The van der Waals surface area contributed by atoms with Gasteiger partial charge in [0.05, 0.1) is 40.5 Å². The average Bonchev–Trinajstić information content (AvgIpc) is 3.05. The third kappa shape index (κ3) is 5.97. The molecular formula is C36H38Br2N2O4. The molecule has 0 saturated carbocycles. The van der Waals surface area contributed by atoms with Gasteiger partial charge in [0.15, 0.2) is 23.0 Å². The molecule has 0 fully saturated rings. The molecule has 0 bridgehead atoms. The van der Waals surface area contributed by atoms with E-state index in [2.05, 4.69) is 114 Å². The lowest BCUT2D eigenvalue weighted by molar-refractivity contribution is 0.0513. The molecule has 0 amide bonds. The lowest BCUT2D eigenvalue weighted by Crippen LogP contribution is -2.46. The van der Waals surface area contributed by atoms with Crippen molar-refractivity contribution in [2.24, 2.45) is 0 Å². The van der Waals surface area contributed by atoms with Crippen LogP contribution in [0.2, 0.25) is 0 Å². The van der Waals surface area contributed by atoms with Crippen LogP contribution in [0.3, 0.4) is 0 Å². The number of hydrogen-bond donors (Lipinski definition) is 0. The first-order valence-electron chi connectivity index (χ1n) is 14.9. The zero-order valence-electron chi connectivity index (χ0n) is 25.6. The van der Waals surface area contributed by atoms with E-state index in [1.165, 1.54) is 33.4 Å². The Hall–Kier alpha value is -3.04. The molecule has 2 atom stereocenters. The van der Waals surface area contributed by atoms with Crippen molar-refractivity contribution in [1.82, 2.24) is 9.80 Å². The molecule has 6 rings (SSSR count). The normalized spacial score (nSPS) is 18.3. The molecule has 0 unspecified atom stereocenters. The summed E-state index contributed by atoms with van der Waals surface area (Å²) in [4.78, 5) is 5.27. The lowest BCUT2D eigenvalue weighted by atomic mass is 9.80. The summed E-state index contributed by atoms with van der Waals surface area (Å²) >= 11 is 7.66. The molecule has 0 saturated heterocycles. The topological polar surface area (TPSA) is 43.4 Å². The van der Waals surface area contributed by atoms with Gasteiger partial charge in [0.2, 0.25) is 0 Å². The second kappa shape index (κ2) is 13.5. The Morgan fingerprint density at radius 3 is 1.30 bits per heavy atom. The van der Waals surface area contributed by atoms with Gasteiger partial charge in [-0.2, -0.15) is 0 Å². The van der Waals surface area contributed by atoms with Crippen LogP contribution in [0.5, 0.6) is 23.0 Å². The fourth-order valence-electron chi connectivity index (χ4n) is 6.84. The van der Waals surface area contributed by atoms with Crippen LogP contribution in [0.4, 0.5) is 0 Å². The highest BCUT2D eigenvalue weighted by Gasteiger charge is 2.42. The van der Waals surface area contributed by atoms with Crippen LogP contribution in [0.1, 0.15) is 45.5 Å². The number of fused-ring (bicyclic) bond motifs is 2. The van der Waals surface area contributed by atoms with Crippen LogP contribution in [0, 0.1) is 0 Å². The van der Waals surface area contributed by atoms with E-state index in [4.69, 9.17) is 18.9 Å². The highest BCUT2D eigenvalue weighted by atomic mass is 79.9. The van der Waals surface area contributed by atoms with Crippen molar-refractivity contribution in [2.75, 3.05) is 41.5 Å². The van der Waals surface area contributed by atoms with Gasteiger partial charge in [-0.25, -0.2) is 0 Å².